The van der Waals surface area contributed by atoms with Crippen LogP contribution in [-0.2, 0) is 10.0 Å². The molecule has 0 atom stereocenters. The van der Waals surface area contributed by atoms with Crippen molar-refractivity contribution < 1.29 is 17.6 Å². The molecule has 0 aromatic carbocycles. The maximum atomic E-state index is 13.1. The first-order chi connectivity index (χ1) is 9.95. The molecule has 9 heteroatoms. The van der Waals surface area contributed by atoms with Crippen LogP contribution in [0.25, 0.3) is 5.69 Å². The normalized spacial score (nSPS) is 14.9. The standard InChI is InChI=1S/C12H11FN4O3S/c13-9-3-10(6-14-5-9)17-7-8(4-15-17)12(18)16-21(19,20)11-1-2-11/h3-7,11H,1-2H2,(H,16,18). The average Bonchev–Trinajstić information content (AvgIpc) is 3.17. The molecule has 1 saturated carbocycles. The van der Waals surface area contributed by atoms with Crippen LogP contribution in [0.2, 0.25) is 0 Å². The Morgan fingerprint density at radius 2 is 2.10 bits per heavy atom. The molecule has 0 aliphatic heterocycles. The predicted molar refractivity (Wildman–Crippen MR) is 70.7 cm³/mol. The highest BCUT2D eigenvalue weighted by atomic mass is 32.2. The van der Waals surface area contributed by atoms with Gasteiger partial charge in [-0.3, -0.25) is 9.78 Å². The minimum absolute atomic E-state index is 0.0727. The summed E-state index contributed by atoms with van der Waals surface area (Å²) in [5.74, 6) is -1.29. The number of rotatable bonds is 4. The van der Waals surface area contributed by atoms with E-state index in [1.165, 1.54) is 29.3 Å². The first-order valence-corrected chi connectivity index (χ1v) is 7.72. The van der Waals surface area contributed by atoms with Crippen molar-refractivity contribution in [2.75, 3.05) is 0 Å². The quantitative estimate of drug-likeness (QED) is 0.894. The van der Waals surface area contributed by atoms with Gasteiger partial charge in [-0.1, -0.05) is 0 Å². The van der Waals surface area contributed by atoms with E-state index < -0.39 is 27.0 Å². The molecular weight excluding hydrogens is 299 g/mol. The molecule has 7 nitrogen and oxygen atoms in total. The minimum atomic E-state index is -3.61. The Balaban J connectivity index is 1.80. The third-order valence-electron chi connectivity index (χ3n) is 3.00. The molecular formula is C12H11FN4O3S. The Kier molecular flexibility index (Phi) is 3.20. The number of aromatic nitrogens is 3. The molecule has 0 spiro atoms. The summed E-state index contributed by atoms with van der Waals surface area (Å²) in [6.07, 6.45) is 6.08. The van der Waals surface area contributed by atoms with Crippen molar-refractivity contribution in [1.82, 2.24) is 19.5 Å². The summed E-state index contributed by atoms with van der Waals surface area (Å²) in [6.45, 7) is 0. The molecule has 3 rings (SSSR count). The number of carbonyl (C=O) groups excluding carboxylic acids is 1. The number of hydrogen-bond acceptors (Lipinski definition) is 5. The van der Waals surface area contributed by atoms with E-state index in [1.807, 2.05) is 4.72 Å². The third kappa shape index (κ3) is 2.92. The van der Waals surface area contributed by atoms with Crippen molar-refractivity contribution in [3.05, 3.63) is 42.2 Å². The number of carbonyl (C=O) groups is 1. The van der Waals surface area contributed by atoms with E-state index in [1.54, 1.807) is 0 Å². The number of nitrogens with one attached hydrogen (secondary N) is 1. The molecule has 21 heavy (non-hydrogen) atoms. The van der Waals surface area contributed by atoms with E-state index in [0.29, 0.717) is 18.5 Å². The van der Waals surface area contributed by atoms with Gasteiger partial charge in [-0.15, -0.1) is 0 Å². The van der Waals surface area contributed by atoms with Crippen LogP contribution in [0.4, 0.5) is 4.39 Å². The molecule has 2 aromatic heterocycles. The number of hydrogen-bond donors (Lipinski definition) is 1. The molecule has 1 fully saturated rings. The minimum Gasteiger partial charge on any atom is -0.268 e. The number of nitrogens with zero attached hydrogens (tertiary/aromatic N) is 3. The van der Waals surface area contributed by atoms with Gasteiger partial charge in [0.2, 0.25) is 10.0 Å². The van der Waals surface area contributed by atoms with Crippen LogP contribution in [0.3, 0.4) is 0 Å². The van der Waals surface area contributed by atoms with Crippen LogP contribution in [0.5, 0.6) is 0 Å². The van der Waals surface area contributed by atoms with Gasteiger partial charge >= 0.3 is 0 Å². The topological polar surface area (TPSA) is 94.0 Å². The highest BCUT2D eigenvalue weighted by Gasteiger charge is 2.37. The Labute approximate surface area is 119 Å². The van der Waals surface area contributed by atoms with Gasteiger partial charge in [-0.25, -0.2) is 22.2 Å². The fourth-order valence-electron chi connectivity index (χ4n) is 1.76. The van der Waals surface area contributed by atoms with Crippen molar-refractivity contribution >= 4 is 15.9 Å². The fraction of sp³-hybridized carbons (Fsp3) is 0.250. The number of halogens is 1. The van der Waals surface area contributed by atoms with E-state index >= 15 is 0 Å². The Morgan fingerprint density at radius 1 is 1.33 bits per heavy atom. The maximum absolute atomic E-state index is 13.1. The van der Waals surface area contributed by atoms with E-state index in [0.717, 1.165) is 6.20 Å². The van der Waals surface area contributed by atoms with E-state index in [2.05, 4.69) is 10.1 Å². The molecule has 2 heterocycles. The van der Waals surface area contributed by atoms with Crippen molar-refractivity contribution in [1.29, 1.82) is 0 Å². The van der Waals surface area contributed by atoms with Crippen LogP contribution < -0.4 is 4.72 Å². The van der Waals surface area contributed by atoms with Crippen molar-refractivity contribution in [2.45, 2.75) is 18.1 Å². The zero-order chi connectivity index (χ0) is 15.0. The number of sulfonamides is 1. The molecule has 2 aromatic rings. The second kappa shape index (κ2) is 4.92. The van der Waals surface area contributed by atoms with Crippen molar-refractivity contribution in [2.24, 2.45) is 0 Å². The van der Waals surface area contributed by atoms with Gasteiger partial charge in [0.15, 0.2) is 0 Å². The zero-order valence-corrected chi connectivity index (χ0v) is 11.5. The first-order valence-electron chi connectivity index (χ1n) is 6.17. The zero-order valence-electron chi connectivity index (χ0n) is 10.7. The lowest BCUT2D eigenvalue weighted by Gasteiger charge is -2.03. The highest BCUT2D eigenvalue weighted by molar-refractivity contribution is 7.91. The molecule has 1 N–H and O–H groups in total. The number of pyridine rings is 1. The molecule has 0 saturated heterocycles. The van der Waals surface area contributed by atoms with Crippen molar-refractivity contribution in [3.8, 4) is 5.69 Å². The molecule has 1 amide bonds. The van der Waals surface area contributed by atoms with E-state index in [9.17, 15) is 17.6 Å². The molecule has 0 unspecified atom stereocenters. The van der Waals surface area contributed by atoms with Gasteiger partial charge in [0.05, 0.1) is 35.1 Å². The van der Waals surface area contributed by atoms with Gasteiger partial charge in [0.25, 0.3) is 5.91 Å². The summed E-state index contributed by atoms with van der Waals surface area (Å²) in [6, 6.07) is 1.20. The largest absolute Gasteiger partial charge is 0.268 e. The second-order valence-corrected chi connectivity index (χ2v) is 6.67. The van der Waals surface area contributed by atoms with Crippen LogP contribution in [0.15, 0.2) is 30.9 Å². The summed E-state index contributed by atoms with van der Waals surface area (Å²) in [5.41, 5.74) is 0.405. The van der Waals surface area contributed by atoms with E-state index in [4.69, 9.17) is 0 Å². The van der Waals surface area contributed by atoms with Crippen molar-refractivity contribution in [3.63, 3.8) is 0 Å². The monoisotopic (exact) mass is 310 g/mol. The lowest BCUT2D eigenvalue weighted by molar-refractivity contribution is 0.0981. The average molecular weight is 310 g/mol. The summed E-state index contributed by atoms with van der Waals surface area (Å²) < 4.78 is 39.7. The molecule has 0 radical (unpaired) electrons. The van der Waals surface area contributed by atoms with Crippen LogP contribution in [-0.4, -0.2) is 34.3 Å². The van der Waals surface area contributed by atoms with Gasteiger partial charge in [-0.05, 0) is 12.8 Å². The summed E-state index contributed by atoms with van der Waals surface area (Å²) in [4.78, 5) is 15.5. The Bertz CT molecular complexity index is 798. The molecule has 1 aliphatic rings. The van der Waals surface area contributed by atoms with Gasteiger partial charge < -0.3 is 0 Å². The summed E-state index contributed by atoms with van der Waals surface area (Å²) in [7, 11) is -3.61. The highest BCUT2D eigenvalue weighted by Crippen LogP contribution is 2.27. The second-order valence-electron chi connectivity index (χ2n) is 4.71. The summed E-state index contributed by atoms with van der Waals surface area (Å²) in [5, 5.41) is 3.41. The molecule has 110 valence electrons. The lowest BCUT2D eigenvalue weighted by Crippen LogP contribution is -2.33. The molecule has 1 aliphatic carbocycles. The van der Waals surface area contributed by atoms with Gasteiger partial charge in [0, 0.05) is 12.3 Å². The summed E-state index contributed by atoms with van der Waals surface area (Å²) >= 11 is 0. The van der Waals surface area contributed by atoms with Crippen LogP contribution >= 0.6 is 0 Å². The van der Waals surface area contributed by atoms with Crippen LogP contribution in [0.1, 0.15) is 23.2 Å². The lowest BCUT2D eigenvalue weighted by atomic mass is 10.3. The smallest absolute Gasteiger partial charge is 0.267 e. The third-order valence-corrected chi connectivity index (χ3v) is 4.82. The van der Waals surface area contributed by atoms with Gasteiger partial charge in [0.1, 0.15) is 5.82 Å². The van der Waals surface area contributed by atoms with E-state index in [-0.39, 0.29) is 5.56 Å². The fourth-order valence-corrected chi connectivity index (χ4v) is 3.06. The Hall–Kier alpha value is -2.29. The molecule has 0 bridgehead atoms. The SMILES string of the molecule is O=C(NS(=O)(=O)C1CC1)c1cnn(-c2cncc(F)c2)c1. The maximum Gasteiger partial charge on any atom is 0.267 e. The van der Waals surface area contributed by atoms with Gasteiger partial charge in [-0.2, -0.15) is 5.10 Å². The Morgan fingerprint density at radius 3 is 2.76 bits per heavy atom. The number of amides is 1. The van der Waals surface area contributed by atoms with Crippen LogP contribution in [0, 0.1) is 5.82 Å². The first kappa shape index (κ1) is 13.7. The predicted octanol–water partition coefficient (Wildman–Crippen LogP) is 0.628.